The summed E-state index contributed by atoms with van der Waals surface area (Å²) in [6.07, 6.45) is 7.10. The number of piperidine rings is 1. The van der Waals surface area contributed by atoms with E-state index in [9.17, 15) is 4.79 Å². The van der Waals surface area contributed by atoms with Crippen molar-refractivity contribution in [2.45, 2.75) is 38.7 Å². The van der Waals surface area contributed by atoms with Gasteiger partial charge in [-0.2, -0.15) is 0 Å². The fourth-order valence-corrected chi connectivity index (χ4v) is 3.52. The summed E-state index contributed by atoms with van der Waals surface area (Å²) in [5.41, 5.74) is 1.04. The Balaban J connectivity index is 1.43. The van der Waals surface area contributed by atoms with E-state index >= 15 is 0 Å². The number of hydrogen-bond acceptors (Lipinski definition) is 3. The molecule has 0 unspecified atom stereocenters. The highest BCUT2D eigenvalue weighted by molar-refractivity contribution is 5.85. The van der Waals surface area contributed by atoms with Crippen molar-refractivity contribution in [3.8, 4) is 5.75 Å². The van der Waals surface area contributed by atoms with E-state index in [1.54, 1.807) is 6.20 Å². The molecule has 1 saturated heterocycles. The maximum Gasteiger partial charge on any atom is 0.255 e. The summed E-state index contributed by atoms with van der Waals surface area (Å²) < 4.78 is 6.19. The lowest BCUT2D eigenvalue weighted by Gasteiger charge is -2.32. The van der Waals surface area contributed by atoms with E-state index in [4.69, 9.17) is 4.74 Å². The zero-order chi connectivity index (χ0) is 15.8. The maximum atomic E-state index is 11.9. The third-order valence-electron chi connectivity index (χ3n) is 5.13. The first kappa shape index (κ1) is 14.8. The van der Waals surface area contributed by atoms with Crippen molar-refractivity contribution in [2.24, 2.45) is 5.92 Å². The number of ether oxygens (including phenoxy) is 1. The van der Waals surface area contributed by atoms with E-state index in [0.29, 0.717) is 6.10 Å². The van der Waals surface area contributed by atoms with Gasteiger partial charge in [-0.1, -0.05) is 0 Å². The topological polar surface area (TPSA) is 45.3 Å². The zero-order valence-electron chi connectivity index (χ0n) is 13.7. The number of rotatable bonds is 4. The van der Waals surface area contributed by atoms with Gasteiger partial charge in [-0.05, 0) is 67.7 Å². The summed E-state index contributed by atoms with van der Waals surface area (Å²) in [4.78, 5) is 17.2. The summed E-state index contributed by atoms with van der Waals surface area (Å²) in [5.74, 6) is 1.85. The van der Waals surface area contributed by atoms with Gasteiger partial charge >= 0.3 is 0 Å². The quantitative estimate of drug-likeness (QED) is 0.943. The Bertz CT molecular complexity index is 756. The number of likely N-dealkylation sites (tertiary alicyclic amines) is 1. The predicted octanol–water partition coefficient (Wildman–Crippen LogP) is 3.09. The number of aromatic amines is 1. The van der Waals surface area contributed by atoms with Crippen LogP contribution >= 0.6 is 0 Å². The van der Waals surface area contributed by atoms with Gasteiger partial charge in [0.2, 0.25) is 0 Å². The molecule has 1 aromatic heterocycles. The molecule has 2 aliphatic rings. The average Bonchev–Trinajstić information content (AvgIpc) is 3.37. The first-order valence-corrected chi connectivity index (χ1v) is 8.70. The number of aryl methyl sites for hydroxylation is 1. The highest BCUT2D eigenvalue weighted by Crippen LogP contribution is 2.31. The fourth-order valence-electron chi connectivity index (χ4n) is 3.52. The molecule has 1 aromatic carbocycles. The molecule has 1 N–H and O–H groups in total. The molecule has 0 radical (unpaired) electrons. The minimum absolute atomic E-state index is 0.0365. The Hall–Kier alpha value is -1.81. The number of benzene rings is 1. The molecule has 4 rings (SSSR count). The van der Waals surface area contributed by atoms with Crippen LogP contribution in [0.4, 0.5) is 0 Å². The molecule has 4 nitrogen and oxygen atoms in total. The molecular weight excluding hydrogens is 288 g/mol. The van der Waals surface area contributed by atoms with Crippen molar-refractivity contribution in [3.05, 3.63) is 40.3 Å². The second-order valence-electron chi connectivity index (χ2n) is 7.07. The van der Waals surface area contributed by atoms with Crippen LogP contribution in [0.3, 0.4) is 0 Å². The van der Waals surface area contributed by atoms with Crippen LogP contribution in [0.25, 0.3) is 10.8 Å². The van der Waals surface area contributed by atoms with Crippen LogP contribution in [-0.4, -0.2) is 35.6 Å². The monoisotopic (exact) mass is 312 g/mol. The highest BCUT2D eigenvalue weighted by Gasteiger charge is 2.27. The van der Waals surface area contributed by atoms with Crippen LogP contribution < -0.4 is 10.3 Å². The smallest absolute Gasteiger partial charge is 0.255 e. The Morgan fingerprint density at radius 3 is 2.70 bits per heavy atom. The minimum Gasteiger partial charge on any atom is -0.490 e. The number of nitrogens with zero attached hydrogens (tertiary/aromatic N) is 1. The highest BCUT2D eigenvalue weighted by atomic mass is 16.5. The number of nitrogens with one attached hydrogen (secondary N) is 1. The Kier molecular flexibility index (Phi) is 3.85. The summed E-state index contributed by atoms with van der Waals surface area (Å²) in [7, 11) is 0. The van der Waals surface area contributed by atoms with Crippen LogP contribution in [-0.2, 0) is 0 Å². The largest absolute Gasteiger partial charge is 0.490 e. The van der Waals surface area contributed by atoms with Crippen LogP contribution in [0.2, 0.25) is 0 Å². The molecular formula is C19H24N2O2. The molecule has 1 aliphatic heterocycles. The van der Waals surface area contributed by atoms with Crippen LogP contribution in [0.5, 0.6) is 5.75 Å². The molecule has 1 saturated carbocycles. The van der Waals surface area contributed by atoms with E-state index in [1.807, 2.05) is 25.1 Å². The van der Waals surface area contributed by atoms with Gasteiger partial charge in [0.15, 0.2) is 0 Å². The Morgan fingerprint density at radius 1 is 1.17 bits per heavy atom. The van der Waals surface area contributed by atoms with Gasteiger partial charge in [0.1, 0.15) is 11.9 Å². The SMILES string of the molecule is Cc1c[nH]c(=O)c2ccc(OC3CCN(CC4CC4)CC3)cc12. The number of fused-ring (bicyclic) bond motifs is 1. The number of hydrogen-bond donors (Lipinski definition) is 1. The lowest BCUT2D eigenvalue weighted by Crippen LogP contribution is -2.39. The van der Waals surface area contributed by atoms with Gasteiger partial charge < -0.3 is 14.6 Å². The minimum atomic E-state index is -0.0365. The van der Waals surface area contributed by atoms with E-state index in [2.05, 4.69) is 9.88 Å². The first-order valence-electron chi connectivity index (χ1n) is 8.70. The Labute approximate surface area is 136 Å². The van der Waals surface area contributed by atoms with Crippen LogP contribution in [0, 0.1) is 12.8 Å². The molecule has 0 atom stereocenters. The van der Waals surface area contributed by atoms with Gasteiger partial charge in [-0.3, -0.25) is 4.79 Å². The second kappa shape index (κ2) is 6.00. The van der Waals surface area contributed by atoms with Crippen molar-refractivity contribution in [3.63, 3.8) is 0 Å². The molecule has 122 valence electrons. The van der Waals surface area contributed by atoms with Gasteiger partial charge in [0.25, 0.3) is 5.56 Å². The first-order chi connectivity index (χ1) is 11.2. The number of H-pyrrole nitrogens is 1. The van der Waals surface area contributed by atoms with Crippen molar-refractivity contribution in [2.75, 3.05) is 19.6 Å². The van der Waals surface area contributed by atoms with E-state index in [-0.39, 0.29) is 5.56 Å². The Morgan fingerprint density at radius 2 is 1.96 bits per heavy atom. The third-order valence-corrected chi connectivity index (χ3v) is 5.13. The van der Waals surface area contributed by atoms with Crippen molar-refractivity contribution in [1.82, 2.24) is 9.88 Å². The molecule has 2 heterocycles. The van der Waals surface area contributed by atoms with Crippen LogP contribution in [0.1, 0.15) is 31.2 Å². The van der Waals surface area contributed by atoms with Crippen LogP contribution in [0.15, 0.2) is 29.2 Å². The third kappa shape index (κ3) is 3.27. The van der Waals surface area contributed by atoms with E-state index < -0.39 is 0 Å². The molecule has 0 bridgehead atoms. The fraction of sp³-hybridized carbons (Fsp3) is 0.526. The maximum absolute atomic E-state index is 11.9. The van der Waals surface area contributed by atoms with Crippen molar-refractivity contribution in [1.29, 1.82) is 0 Å². The lowest BCUT2D eigenvalue weighted by molar-refractivity contribution is 0.0981. The van der Waals surface area contributed by atoms with Crippen molar-refractivity contribution < 1.29 is 4.74 Å². The lowest BCUT2D eigenvalue weighted by atomic mass is 10.1. The van der Waals surface area contributed by atoms with E-state index in [1.165, 1.54) is 19.4 Å². The molecule has 2 aromatic rings. The van der Waals surface area contributed by atoms with Crippen molar-refractivity contribution >= 4 is 10.8 Å². The second-order valence-corrected chi connectivity index (χ2v) is 7.07. The van der Waals surface area contributed by atoms with Gasteiger partial charge in [-0.25, -0.2) is 0 Å². The summed E-state index contributed by atoms with van der Waals surface area (Å²) in [6.45, 7) is 5.59. The molecule has 23 heavy (non-hydrogen) atoms. The predicted molar refractivity (Wildman–Crippen MR) is 92.1 cm³/mol. The number of aromatic nitrogens is 1. The van der Waals surface area contributed by atoms with Gasteiger partial charge in [-0.15, -0.1) is 0 Å². The van der Waals surface area contributed by atoms with Gasteiger partial charge in [0.05, 0.1) is 0 Å². The van der Waals surface area contributed by atoms with E-state index in [0.717, 1.165) is 53.9 Å². The normalized spacial score (nSPS) is 20.0. The molecule has 0 spiro atoms. The molecule has 1 aliphatic carbocycles. The average molecular weight is 312 g/mol. The summed E-state index contributed by atoms with van der Waals surface area (Å²) in [5, 5.41) is 1.72. The molecule has 2 fully saturated rings. The summed E-state index contributed by atoms with van der Waals surface area (Å²) in [6, 6.07) is 5.81. The standard InChI is InChI=1S/C19H24N2O2/c1-13-11-20-19(22)17-5-4-16(10-18(13)17)23-15-6-8-21(9-7-15)12-14-2-3-14/h4-5,10-11,14-15H,2-3,6-9,12H2,1H3,(H,20,22). The summed E-state index contributed by atoms with van der Waals surface area (Å²) >= 11 is 0. The molecule has 4 heteroatoms. The van der Waals surface area contributed by atoms with Gasteiger partial charge in [0, 0.05) is 31.2 Å². The zero-order valence-corrected chi connectivity index (χ0v) is 13.7. The number of pyridine rings is 1. The molecule has 0 amide bonds.